The highest BCUT2D eigenvalue weighted by molar-refractivity contribution is 6.30. The number of hydrogen-bond acceptors (Lipinski definition) is 2. The molecule has 0 bridgehead atoms. The summed E-state index contributed by atoms with van der Waals surface area (Å²) >= 11 is 6.08. The maximum atomic E-state index is 6.08. The van der Waals surface area contributed by atoms with Gasteiger partial charge in [0.05, 0.1) is 0 Å². The van der Waals surface area contributed by atoms with E-state index in [0.717, 1.165) is 18.1 Å². The van der Waals surface area contributed by atoms with E-state index < -0.39 is 0 Å². The molecule has 2 heterocycles. The molecule has 2 saturated heterocycles. The molecule has 2 fully saturated rings. The molecule has 0 aliphatic carbocycles. The van der Waals surface area contributed by atoms with Gasteiger partial charge in [0.25, 0.3) is 0 Å². The maximum Gasteiger partial charge on any atom is 0.0409 e. The van der Waals surface area contributed by atoms with Crippen LogP contribution in [0.5, 0.6) is 0 Å². The van der Waals surface area contributed by atoms with Crippen LogP contribution in [0.1, 0.15) is 17.5 Å². The van der Waals surface area contributed by atoms with E-state index in [1.807, 2.05) is 12.1 Å². The Morgan fingerprint density at radius 2 is 1.52 bits per heavy atom. The van der Waals surface area contributed by atoms with E-state index in [0.29, 0.717) is 5.41 Å². The molecule has 0 N–H and O–H groups in total. The Hall–Kier alpha value is -1.35. The Balaban J connectivity index is 1.29. The van der Waals surface area contributed by atoms with Gasteiger partial charge in [0.1, 0.15) is 0 Å². The minimum absolute atomic E-state index is 0.535. The van der Waals surface area contributed by atoms with Gasteiger partial charge < -0.3 is 0 Å². The summed E-state index contributed by atoms with van der Waals surface area (Å²) in [5.41, 5.74) is 3.29. The lowest BCUT2D eigenvalue weighted by molar-refractivity contribution is 0.00161. The van der Waals surface area contributed by atoms with Gasteiger partial charge in [-0.25, -0.2) is 0 Å². The number of halogens is 1. The SMILES string of the molecule is Clc1cccc(CN2CC3(CCN(Cc4ccccc4)C3)C2)c1. The molecule has 0 saturated carbocycles. The third kappa shape index (κ3) is 3.45. The summed E-state index contributed by atoms with van der Waals surface area (Å²) in [6, 6.07) is 19.1. The molecule has 4 rings (SSSR count). The Labute approximate surface area is 143 Å². The van der Waals surface area contributed by atoms with E-state index >= 15 is 0 Å². The summed E-state index contributed by atoms with van der Waals surface area (Å²) in [5, 5.41) is 0.840. The van der Waals surface area contributed by atoms with E-state index in [1.54, 1.807) is 0 Å². The molecule has 23 heavy (non-hydrogen) atoms. The van der Waals surface area contributed by atoms with Crippen molar-refractivity contribution in [3.8, 4) is 0 Å². The summed E-state index contributed by atoms with van der Waals surface area (Å²) < 4.78 is 0. The van der Waals surface area contributed by atoms with Crippen LogP contribution in [0.15, 0.2) is 54.6 Å². The van der Waals surface area contributed by atoms with Crippen molar-refractivity contribution in [1.29, 1.82) is 0 Å². The van der Waals surface area contributed by atoms with Gasteiger partial charge in [-0.1, -0.05) is 54.1 Å². The molecule has 0 aromatic heterocycles. The third-order valence-corrected chi connectivity index (χ3v) is 5.41. The highest BCUT2D eigenvalue weighted by Crippen LogP contribution is 2.40. The summed E-state index contributed by atoms with van der Waals surface area (Å²) in [7, 11) is 0. The van der Waals surface area contributed by atoms with E-state index in [1.165, 1.54) is 43.7 Å². The van der Waals surface area contributed by atoms with Gasteiger partial charge in [-0.2, -0.15) is 0 Å². The topological polar surface area (TPSA) is 6.48 Å². The summed E-state index contributed by atoms with van der Waals surface area (Å²) in [4.78, 5) is 5.17. The molecule has 3 heteroatoms. The fourth-order valence-corrected chi connectivity index (χ4v) is 4.38. The molecule has 0 atom stereocenters. The van der Waals surface area contributed by atoms with Crippen LogP contribution in [0.3, 0.4) is 0 Å². The van der Waals surface area contributed by atoms with Crippen LogP contribution >= 0.6 is 11.6 Å². The molecule has 2 aromatic carbocycles. The van der Waals surface area contributed by atoms with Crippen molar-refractivity contribution in [1.82, 2.24) is 9.80 Å². The Bertz CT molecular complexity index is 664. The lowest BCUT2D eigenvalue weighted by atomic mass is 9.79. The van der Waals surface area contributed by atoms with Crippen LogP contribution in [0.4, 0.5) is 0 Å². The molecule has 0 radical (unpaired) electrons. The molecule has 2 nitrogen and oxygen atoms in total. The van der Waals surface area contributed by atoms with Gasteiger partial charge in [-0.3, -0.25) is 9.80 Å². The maximum absolute atomic E-state index is 6.08. The molecule has 1 spiro atoms. The van der Waals surface area contributed by atoms with E-state index in [2.05, 4.69) is 52.3 Å². The van der Waals surface area contributed by atoms with Crippen LogP contribution in [-0.4, -0.2) is 36.0 Å². The fraction of sp³-hybridized carbons (Fsp3) is 0.400. The third-order valence-electron chi connectivity index (χ3n) is 5.18. The van der Waals surface area contributed by atoms with Gasteiger partial charge in [-0.05, 0) is 36.2 Å². The normalized spacial score (nSPS) is 20.7. The largest absolute Gasteiger partial charge is 0.298 e. The smallest absolute Gasteiger partial charge is 0.0409 e. The van der Waals surface area contributed by atoms with Crippen LogP contribution in [0, 0.1) is 5.41 Å². The highest BCUT2D eigenvalue weighted by Gasteiger charge is 2.47. The molecule has 0 amide bonds. The number of rotatable bonds is 4. The van der Waals surface area contributed by atoms with E-state index in [4.69, 9.17) is 11.6 Å². The molecular weight excluding hydrogens is 304 g/mol. The van der Waals surface area contributed by atoms with Crippen molar-refractivity contribution in [2.75, 3.05) is 26.2 Å². The monoisotopic (exact) mass is 326 g/mol. The quantitative estimate of drug-likeness (QED) is 0.836. The predicted octanol–water partition coefficient (Wildman–Crippen LogP) is 4.05. The van der Waals surface area contributed by atoms with Crippen molar-refractivity contribution < 1.29 is 0 Å². The molecule has 2 aliphatic heterocycles. The van der Waals surface area contributed by atoms with Gasteiger partial charge in [0.15, 0.2) is 0 Å². The summed E-state index contributed by atoms with van der Waals surface area (Å²) in [6.45, 7) is 7.06. The van der Waals surface area contributed by atoms with Gasteiger partial charge in [0.2, 0.25) is 0 Å². The van der Waals surface area contributed by atoms with Crippen LogP contribution < -0.4 is 0 Å². The van der Waals surface area contributed by atoms with E-state index in [-0.39, 0.29) is 0 Å². The number of benzene rings is 2. The zero-order chi connectivity index (χ0) is 15.7. The van der Waals surface area contributed by atoms with Crippen molar-refractivity contribution in [2.24, 2.45) is 5.41 Å². The first kappa shape index (κ1) is 15.2. The number of likely N-dealkylation sites (tertiary alicyclic amines) is 2. The Morgan fingerprint density at radius 1 is 0.826 bits per heavy atom. The van der Waals surface area contributed by atoms with Crippen molar-refractivity contribution >= 4 is 11.6 Å². The molecule has 120 valence electrons. The Morgan fingerprint density at radius 3 is 2.30 bits per heavy atom. The van der Waals surface area contributed by atoms with Crippen LogP contribution in [0.25, 0.3) is 0 Å². The highest BCUT2D eigenvalue weighted by atomic mass is 35.5. The second kappa shape index (κ2) is 6.27. The molecule has 2 aromatic rings. The fourth-order valence-electron chi connectivity index (χ4n) is 4.17. The first-order chi connectivity index (χ1) is 11.2. The predicted molar refractivity (Wildman–Crippen MR) is 95.5 cm³/mol. The number of hydrogen-bond donors (Lipinski definition) is 0. The first-order valence-electron chi connectivity index (χ1n) is 8.44. The second-order valence-corrected chi connectivity index (χ2v) is 7.66. The summed E-state index contributed by atoms with van der Waals surface area (Å²) in [5.74, 6) is 0. The Kier molecular flexibility index (Phi) is 4.14. The average Bonchev–Trinajstić information content (AvgIpc) is 2.92. The average molecular weight is 327 g/mol. The lowest BCUT2D eigenvalue weighted by Gasteiger charge is -2.48. The summed E-state index contributed by atoms with van der Waals surface area (Å²) in [6.07, 6.45) is 1.34. The molecular formula is C20H23ClN2. The minimum Gasteiger partial charge on any atom is -0.298 e. The van der Waals surface area contributed by atoms with Gasteiger partial charge in [0, 0.05) is 43.2 Å². The zero-order valence-electron chi connectivity index (χ0n) is 13.4. The van der Waals surface area contributed by atoms with Crippen molar-refractivity contribution in [3.63, 3.8) is 0 Å². The molecule has 2 aliphatic rings. The van der Waals surface area contributed by atoms with Crippen LogP contribution in [-0.2, 0) is 13.1 Å². The van der Waals surface area contributed by atoms with Crippen LogP contribution in [0.2, 0.25) is 5.02 Å². The van der Waals surface area contributed by atoms with Gasteiger partial charge in [-0.15, -0.1) is 0 Å². The first-order valence-corrected chi connectivity index (χ1v) is 8.82. The molecule has 0 unspecified atom stereocenters. The standard InChI is InChI=1S/C20H23ClN2/c21-19-8-4-7-18(11-19)13-23-15-20(16-23)9-10-22(14-20)12-17-5-2-1-3-6-17/h1-8,11H,9-10,12-16H2. The second-order valence-electron chi connectivity index (χ2n) is 7.22. The lowest BCUT2D eigenvalue weighted by Crippen LogP contribution is -2.56. The zero-order valence-corrected chi connectivity index (χ0v) is 14.2. The number of nitrogens with zero attached hydrogens (tertiary/aromatic N) is 2. The van der Waals surface area contributed by atoms with Crippen molar-refractivity contribution in [3.05, 3.63) is 70.7 Å². The van der Waals surface area contributed by atoms with Gasteiger partial charge >= 0.3 is 0 Å². The minimum atomic E-state index is 0.535. The van der Waals surface area contributed by atoms with Crippen molar-refractivity contribution in [2.45, 2.75) is 19.5 Å². The van der Waals surface area contributed by atoms with E-state index in [9.17, 15) is 0 Å².